The second-order valence-corrected chi connectivity index (χ2v) is 44.8. The van der Waals surface area contributed by atoms with E-state index >= 15 is 0 Å². The molecule has 0 saturated heterocycles. The van der Waals surface area contributed by atoms with Gasteiger partial charge in [0.25, 0.3) is 0 Å². The molecular formula is C106H108Br4O12S4+4. The number of carbonyl (C=O) groups excluding carboxylic acids is 4. The minimum atomic E-state index is -0.551. The lowest BCUT2D eigenvalue weighted by atomic mass is 9.85. The minimum Gasteiger partial charge on any atom is -0.454 e. The zero-order valence-corrected chi connectivity index (χ0v) is 80.8. The Balaban J connectivity index is 0.000000144. The molecule has 20 heteroatoms. The van der Waals surface area contributed by atoms with Gasteiger partial charge in [-0.2, -0.15) is 0 Å². The Labute approximate surface area is 788 Å². The van der Waals surface area contributed by atoms with E-state index < -0.39 is 25.2 Å². The topological polar surface area (TPSA) is 142 Å². The molecule has 4 aliphatic carbocycles. The van der Waals surface area contributed by atoms with E-state index in [0.29, 0.717) is 0 Å². The van der Waals surface area contributed by atoms with Gasteiger partial charge >= 0.3 is 23.9 Å². The van der Waals surface area contributed by atoms with Crippen LogP contribution in [0.15, 0.2) is 398 Å². The first-order valence-electron chi connectivity index (χ1n) is 43.3. The molecule has 652 valence electrons. The predicted octanol–water partition coefficient (Wildman–Crippen LogP) is 27.2. The molecule has 12 aromatic rings. The lowest BCUT2D eigenvalue weighted by Gasteiger charge is -2.33. The van der Waals surface area contributed by atoms with Gasteiger partial charge in [0.05, 0.1) is 43.6 Å². The summed E-state index contributed by atoms with van der Waals surface area (Å²) < 4.78 is 47.3. The van der Waals surface area contributed by atoms with Gasteiger partial charge in [0.1, 0.15) is 42.3 Å². The second-order valence-electron chi connectivity index (χ2n) is 31.2. The Morgan fingerprint density at radius 2 is 0.365 bits per heavy atom. The first-order chi connectivity index (χ1) is 61.5. The Bertz CT molecular complexity index is 5080. The average molecular weight is 2020 g/mol. The molecule has 4 fully saturated rings. The van der Waals surface area contributed by atoms with Crippen molar-refractivity contribution < 1.29 is 57.1 Å². The minimum absolute atomic E-state index is 0.194. The summed E-state index contributed by atoms with van der Waals surface area (Å²) in [5, 5.41) is 0. The third-order valence-corrected chi connectivity index (χ3v) is 32.1. The summed E-state index contributed by atoms with van der Waals surface area (Å²) in [6, 6.07) is 117. The molecule has 0 aliphatic heterocycles. The summed E-state index contributed by atoms with van der Waals surface area (Å²) in [5.74, 6) is 2.77. The van der Waals surface area contributed by atoms with Crippen LogP contribution in [0.5, 0.6) is 23.0 Å². The van der Waals surface area contributed by atoms with Crippen molar-refractivity contribution in [3.05, 3.63) is 340 Å². The van der Waals surface area contributed by atoms with Gasteiger partial charge in [-0.3, -0.25) is 19.2 Å². The molecule has 0 heterocycles. The molecule has 0 bridgehead atoms. The van der Waals surface area contributed by atoms with Crippen LogP contribution in [0.4, 0.5) is 0 Å². The second kappa shape index (κ2) is 49.0. The maximum absolute atomic E-state index is 12.3. The number of rotatable bonds is 32. The molecule has 12 aromatic carbocycles. The first-order valence-corrected chi connectivity index (χ1v) is 51.9. The van der Waals surface area contributed by atoms with Gasteiger partial charge in [-0.25, -0.2) is 0 Å². The highest BCUT2D eigenvalue weighted by Crippen LogP contribution is 2.42. The summed E-state index contributed by atoms with van der Waals surface area (Å²) in [6.45, 7) is 7.08. The number of ether oxygens (including phenoxy) is 8. The highest BCUT2D eigenvalue weighted by molar-refractivity contribution is 9.10. The molecule has 4 aliphatic rings. The zero-order chi connectivity index (χ0) is 87.9. The highest BCUT2D eigenvalue weighted by atomic mass is 79.9. The number of alkyl halides is 4. The van der Waals surface area contributed by atoms with Crippen molar-refractivity contribution in [1.29, 1.82) is 0 Å². The van der Waals surface area contributed by atoms with Crippen LogP contribution >= 0.6 is 63.7 Å². The molecule has 0 aromatic heterocycles. The molecular weight excluding hydrogens is 1910 g/mol. The average Bonchev–Trinajstić information content (AvgIpc) is 1.08. The molecule has 8 atom stereocenters. The van der Waals surface area contributed by atoms with Crippen LogP contribution in [0, 0.1) is 23.7 Å². The lowest BCUT2D eigenvalue weighted by molar-refractivity contribution is -0.175. The van der Waals surface area contributed by atoms with Crippen molar-refractivity contribution in [2.45, 2.75) is 221 Å². The van der Waals surface area contributed by atoms with Crippen molar-refractivity contribution in [2.24, 2.45) is 23.7 Å². The van der Waals surface area contributed by atoms with E-state index in [1.54, 1.807) is 27.7 Å². The van der Waals surface area contributed by atoms with Crippen LogP contribution in [0.3, 0.4) is 0 Å². The first kappa shape index (κ1) is 94.6. The number of halogens is 4. The Morgan fingerprint density at radius 1 is 0.214 bits per heavy atom. The molecule has 4 saturated carbocycles. The molecule has 0 spiro atoms. The van der Waals surface area contributed by atoms with Gasteiger partial charge in [0.15, 0.2) is 58.7 Å². The van der Waals surface area contributed by atoms with Crippen LogP contribution in [-0.4, -0.2) is 68.3 Å². The van der Waals surface area contributed by atoms with Crippen molar-refractivity contribution >= 4 is 131 Å². The predicted molar refractivity (Wildman–Crippen MR) is 520 cm³/mol. The van der Waals surface area contributed by atoms with Gasteiger partial charge in [0, 0.05) is 23.7 Å². The summed E-state index contributed by atoms with van der Waals surface area (Å²) in [7, 11) is -0.794. The van der Waals surface area contributed by atoms with Crippen molar-refractivity contribution in [3.63, 3.8) is 0 Å². The van der Waals surface area contributed by atoms with Crippen LogP contribution in [0.2, 0.25) is 0 Å². The van der Waals surface area contributed by atoms with E-state index in [1.807, 2.05) is 97.1 Å². The van der Waals surface area contributed by atoms with E-state index in [1.165, 1.54) is 65.2 Å². The number of esters is 4. The maximum Gasteiger partial charge on any atom is 0.322 e. The van der Waals surface area contributed by atoms with Gasteiger partial charge in [-0.05, 0) is 273 Å². The quantitative estimate of drug-likeness (QED) is 0.0130. The Hall–Kier alpha value is -8.96. The molecule has 0 amide bonds. The van der Waals surface area contributed by atoms with E-state index in [4.69, 9.17) is 37.9 Å². The van der Waals surface area contributed by atoms with E-state index in [9.17, 15) is 19.2 Å². The summed E-state index contributed by atoms with van der Waals surface area (Å²) in [4.78, 5) is 62.3. The molecule has 126 heavy (non-hydrogen) atoms. The van der Waals surface area contributed by atoms with Crippen molar-refractivity contribution in [1.82, 2.24) is 0 Å². The number of carbonyl (C=O) groups is 4. The van der Waals surface area contributed by atoms with E-state index in [0.717, 1.165) is 106 Å². The van der Waals surface area contributed by atoms with Crippen LogP contribution < -0.4 is 18.9 Å². The zero-order valence-electron chi connectivity index (χ0n) is 71.2. The monoisotopic (exact) mass is 2020 g/mol. The third kappa shape index (κ3) is 28.0. The number of hydrogen-bond acceptors (Lipinski definition) is 12. The molecule has 16 rings (SSSR count). The largest absolute Gasteiger partial charge is 0.454 e. The fourth-order valence-electron chi connectivity index (χ4n) is 14.7. The smallest absolute Gasteiger partial charge is 0.322 e. The number of benzene rings is 12. The van der Waals surface area contributed by atoms with Crippen LogP contribution in [-0.2, 0) is 81.7 Å². The fourth-order valence-corrected chi connectivity index (χ4v) is 23.4. The standard InChI is InChI=1S/C28H30BrO3S.C27H28BrO3S.C26H26BrO3S.C25H24BrO3S/c1-21(29)27(30)32-28(22-11-5-2-6-12-22)31-23-17-19-26(20-18-23)33(24-13-7-3-8-14-24)25-15-9-4-10-16-25;1-20(28)26(29)31-27(21-10-8-9-11-21)30-22-16-18-25(19-17-22)32(23-12-4-2-5-13-23)24-14-6-3-7-15-24;1-19(27)25(28)30-26(20-9-8-10-20)29-21-15-17-24(18-16-21)31(22-11-4-2-5-12-22)23-13-6-3-7-14-23;1-18(26)24(27)29-25(19-12-13-19)28-20-14-16-23(17-15-20)30(21-8-4-2-5-9-21)22-10-6-3-7-11-22/h3-4,7-10,13-22,28H,2,5-6,11-12H2,1H3;2-7,12-21,27H,8-11H2,1H3;2-7,11-20,26H,8-10H2,1H3;2-11,14-19,25H,12-13H2,1H3/q4*+1. The van der Waals surface area contributed by atoms with Crippen LogP contribution in [0.1, 0.15) is 118 Å². The molecule has 0 radical (unpaired) electrons. The normalized spacial score (nSPS) is 15.8. The lowest BCUT2D eigenvalue weighted by Crippen LogP contribution is -2.37. The molecule has 0 N–H and O–H groups in total. The van der Waals surface area contributed by atoms with Gasteiger partial charge in [-0.15, -0.1) is 0 Å². The third-order valence-electron chi connectivity index (χ3n) is 21.7. The van der Waals surface area contributed by atoms with Gasteiger partial charge < -0.3 is 37.9 Å². The molecule has 12 nitrogen and oxygen atoms in total. The summed E-state index contributed by atoms with van der Waals surface area (Å²) >= 11 is 13.2. The van der Waals surface area contributed by atoms with Crippen LogP contribution in [0.25, 0.3) is 0 Å². The summed E-state index contributed by atoms with van der Waals surface area (Å²) in [6.07, 6.45) is 13.1. The SMILES string of the molecule is CC(Br)C(=O)OC(Oc1ccc([S+](c2ccccc2)c2ccccc2)cc1)C1CC1.CC(Br)C(=O)OC(Oc1ccc([S+](c2ccccc2)c2ccccc2)cc1)C1CCC1.CC(Br)C(=O)OC(Oc1ccc([S+](c2ccccc2)c2ccccc2)cc1)C1CCCC1.CC(Br)C(=O)OC(Oc1ccc([S+](c2ccccc2)c2ccccc2)cc1)C1CCCCC1. The molecule has 8 unspecified atom stereocenters. The maximum atomic E-state index is 12.3. The Morgan fingerprint density at radius 3 is 0.516 bits per heavy atom. The van der Waals surface area contributed by atoms with Crippen molar-refractivity contribution in [3.8, 4) is 23.0 Å². The highest BCUT2D eigenvalue weighted by Gasteiger charge is 2.40. The van der Waals surface area contributed by atoms with Gasteiger partial charge in [0.2, 0.25) is 25.2 Å². The van der Waals surface area contributed by atoms with Gasteiger partial charge in [-0.1, -0.05) is 248 Å². The van der Waals surface area contributed by atoms with E-state index in [-0.39, 0.29) is 110 Å². The summed E-state index contributed by atoms with van der Waals surface area (Å²) in [5.41, 5.74) is 0. The van der Waals surface area contributed by atoms with E-state index in [2.05, 4.69) is 306 Å². The number of hydrogen-bond donors (Lipinski definition) is 0. The van der Waals surface area contributed by atoms with Crippen molar-refractivity contribution in [2.75, 3.05) is 0 Å². The fraction of sp³-hybridized carbons (Fsp3) is 0.283. The Kier molecular flexibility index (Phi) is 36.8.